The summed E-state index contributed by atoms with van der Waals surface area (Å²) < 4.78 is 17.1. The number of hydrogen-bond acceptors (Lipinski definition) is 5. The van der Waals surface area contributed by atoms with Gasteiger partial charge in [0, 0.05) is 20.0 Å². The number of amides is 1. The normalized spacial score (nSPS) is 18.7. The molecule has 26 heavy (non-hydrogen) atoms. The first-order chi connectivity index (χ1) is 12.5. The number of carbonyl (C=O) groups is 1. The number of hydrogen-bond donors (Lipinski definition) is 0. The molecule has 4 rings (SSSR count). The molecule has 1 aromatic heterocycles. The Labute approximate surface area is 153 Å². The lowest BCUT2D eigenvalue weighted by molar-refractivity contribution is -0.0937. The van der Waals surface area contributed by atoms with Crippen molar-refractivity contribution in [2.75, 3.05) is 26.8 Å². The SMILES string of the molecule is COc1ccc2c(c1)CCOC21CCN(C(=O)c2oc(C)nc2C)CC1. The molecule has 0 saturated carbocycles. The third-order valence-electron chi connectivity index (χ3n) is 5.51. The Hall–Kier alpha value is -2.34. The summed E-state index contributed by atoms with van der Waals surface area (Å²) in [5, 5.41) is 0. The molecule has 0 unspecified atom stereocenters. The van der Waals surface area contributed by atoms with E-state index in [1.54, 1.807) is 14.0 Å². The van der Waals surface area contributed by atoms with E-state index in [4.69, 9.17) is 13.9 Å². The molecule has 1 saturated heterocycles. The Morgan fingerprint density at radius 3 is 2.69 bits per heavy atom. The number of oxazole rings is 1. The van der Waals surface area contributed by atoms with Crippen LogP contribution in [0.3, 0.4) is 0 Å². The monoisotopic (exact) mass is 356 g/mol. The predicted octanol–water partition coefficient (Wildman–Crippen LogP) is 3.00. The maximum Gasteiger partial charge on any atom is 0.291 e. The van der Waals surface area contributed by atoms with Crippen LogP contribution < -0.4 is 4.74 Å². The van der Waals surface area contributed by atoms with Crippen molar-refractivity contribution in [1.29, 1.82) is 0 Å². The summed E-state index contributed by atoms with van der Waals surface area (Å²) in [5.74, 6) is 1.68. The van der Waals surface area contributed by atoms with Crippen molar-refractivity contribution in [2.24, 2.45) is 0 Å². The maximum atomic E-state index is 12.8. The molecular weight excluding hydrogens is 332 g/mol. The van der Waals surface area contributed by atoms with Gasteiger partial charge in [-0.1, -0.05) is 6.07 Å². The zero-order valence-corrected chi connectivity index (χ0v) is 15.5. The number of piperidine rings is 1. The molecule has 2 aromatic rings. The summed E-state index contributed by atoms with van der Waals surface area (Å²) in [6.07, 6.45) is 2.46. The predicted molar refractivity (Wildman–Crippen MR) is 95.4 cm³/mol. The third kappa shape index (κ3) is 2.78. The van der Waals surface area contributed by atoms with Gasteiger partial charge in [0.25, 0.3) is 5.91 Å². The molecule has 1 spiro atoms. The Bertz CT molecular complexity index is 834. The number of aryl methyl sites for hydroxylation is 2. The van der Waals surface area contributed by atoms with Gasteiger partial charge in [-0.3, -0.25) is 4.79 Å². The van der Waals surface area contributed by atoms with E-state index in [1.807, 2.05) is 17.9 Å². The lowest BCUT2D eigenvalue weighted by Crippen LogP contribution is -2.48. The molecule has 6 nitrogen and oxygen atoms in total. The number of aromatic nitrogens is 1. The number of rotatable bonds is 2. The number of ether oxygens (including phenoxy) is 2. The second-order valence-electron chi connectivity index (χ2n) is 7.06. The van der Waals surface area contributed by atoms with Gasteiger partial charge in [0.15, 0.2) is 5.89 Å². The van der Waals surface area contributed by atoms with Crippen molar-refractivity contribution in [3.8, 4) is 5.75 Å². The van der Waals surface area contributed by atoms with Gasteiger partial charge in [0.1, 0.15) is 5.75 Å². The van der Waals surface area contributed by atoms with E-state index >= 15 is 0 Å². The first-order valence-electron chi connectivity index (χ1n) is 9.07. The van der Waals surface area contributed by atoms with Gasteiger partial charge in [-0.2, -0.15) is 0 Å². The molecule has 0 radical (unpaired) electrons. The quantitative estimate of drug-likeness (QED) is 0.828. The van der Waals surface area contributed by atoms with Gasteiger partial charge in [-0.15, -0.1) is 0 Å². The first-order valence-corrected chi connectivity index (χ1v) is 9.07. The molecule has 0 bridgehead atoms. The minimum atomic E-state index is -0.303. The van der Waals surface area contributed by atoms with Crippen LogP contribution in [0, 0.1) is 13.8 Å². The minimum Gasteiger partial charge on any atom is -0.497 e. The van der Waals surface area contributed by atoms with Gasteiger partial charge in [0.05, 0.1) is 25.0 Å². The fourth-order valence-corrected chi connectivity index (χ4v) is 4.14. The highest BCUT2D eigenvalue weighted by Crippen LogP contribution is 2.42. The van der Waals surface area contributed by atoms with E-state index in [0.29, 0.717) is 37.0 Å². The summed E-state index contributed by atoms with van der Waals surface area (Å²) in [6, 6.07) is 6.22. The molecule has 0 N–H and O–H groups in total. The number of likely N-dealkylation sites (tertiary alicyclic amines) is 1. The molecule has 1 fully saturated rings. The van der Waals surface area contributed by atoms with Crippen molar-refractivity contribution in [3.05, 3.63) is 46.7 Å². The van der Waals surface area contributed by atoms with Crippen LogP contribution >= 0.6 is 0 Å². The summed E-state index contributed by atoms with van der Waals surface area (Å²) in [6.45, 7) is 5.56. The standard InChI is InChI=1S/C20H24N2O4/c1-13-18(26-14(2)21-13)19(23)22-9-7-20(8-10-22)17-5-4-16(24-3)12-15(17)6-11-25-20/h4-5,12H,6-11H2,1-3H3. The van der Waals surface area contributed by atoms with E-state index in [2.05, 4.69) is 17.1 Å². The summed E-state index contributed by atoms with van der Waals surface area (Å²) in [4.78, 5) is 18.8. The molecule has 6 heteroatoms. The second-order valence-corrected chi connectivity index (χ2v) is 7.06. The van der Waals surface area contributed by atoms with Crippen molar-refractivity contribution in [2.45, 2.75) is 38.7 Å². The Kier molecular flexibility index (Phi) is 4.23. The average molecular weight is 356 g/mol. The van der Waals surface area contributed by atoms with Crippen molar-refractivity contribution in [3.63, 3.8) is 0 Å². The zero-order valence-electron chi connectivity index (χ0n) is 15.5. The fourth-order valence-electron chi connectivity index (χ4n) is 4.14. The smallest absolute Gasteiger partial charge is 0.291 e. The molecular formula is C20H24N2O4. The van der Waals surface area contributed by atoms with Gasteiger partial charge < -0.3 is 18.8 Å². The highest BCUT2D eigenvalue weighted by atomic mass is 16.5. The van der Waals surface area contributed by atoms with Gasteiger partial charge >= 0.3 is 0 Å². The van der Waals surface area contributed by atoms with E-state index in [9.17, 15) is 4.79 Å². The van der Waals surface area contributed by atoms with Crippen LogP contribution in [0.4, 0.5) is 0 Å². The van der Waals surface area contributed by atoms with Gasteiger partial charge in [-0.05, 0) is 49.4 Å². The van der Waals surface area contributed by atoms with Crippen LogP contribution in [0.5, 0.6) is 5.75 Å². The molecule has 2 aliphatic rings. The molecule has 1 aromatic carbocycles. The Balaban J connectivity index is 1.54. The van der Waals surface area contributed by atoms with Crippen LogP contribution in [0.15, 0.2) is 22.6 Å². The van der Waals surface area contributed by atoms with E-state index < -0.39 is 0 Å². The fraction of sp³-hybridized carbons (Fsp3) is 0.500. The molecule has 0 atom stereocenters. The van der Waals surface area contributed by atoms with Crippen molar-refractivity contribution >= 4 is 5.91 Å². The highest BCUT2D eigenvalue weighted by molar-refractivity contribution is 5.92. The average Bonchev–Trinajstić information content (AvgIpc) is 3.00. The Morgan fingerprint density at radius 2 is 2.04 bits per heavy atom. The van der Waals surface area contributed by atoms with Crippen LogP contribution in [0.2, 0.25) is 0 Å². The molecule has 138 valence electrons. The van der Waals surface area contributed by atoms with E-state index in [0.717, 1.165) is 25.0 Å². The van der Waals surface area contributed by atoms with Crippen LogP contribution in [-0.4, -0.2) is 42.6 Å². The number of carbonyl (C=O) groups excluding carboxylic acids is 1. The van der Waals surface area contributed by atoms with Crippen molar-refractivity contribution < 1.29 is 18.7 Å². The van der Waals surface area contributed by atoms with Crippen molar-refractivity contribution in [1.82, 2.24) is 9.88 Å². The number of nitrogens with zero attached hydrogens (tertiary/aromatic N) is 2. The van der Waals surface area contributed by atoms with Gasteiger partial charge in [0.2, 0.25) is 5.76 Å². The van der Waals surface area contributed by atoms with Crippen LogP contribution in [-0.2, 0) is 16.8 Å². The van der Waals surface area contributed by atoms with E-state index in [1.165, 1.54) is 11.1 Å². The summed E-state index contributed by atoms with van der Waals surface area (Å²) in [5.41, 5.74) is 2.88. The lowest BCUT2D eigenvalue weighted by atomic mass is 9.79. The maximum absolute atomic E-state index is 12.8. The topological polar surface area (TPSA) is 64.8 Å². The highest BCUT2D eigenvalue weighted by Gasteiger charge is 2.42. The first kappa shape index (κ1) is 17.1. The molecule has 2 aliphatic heterocycles. The van der Waals surface area contributed by atoms with Crippen LogP contribution in [0.25, 0.3) is 0 Å². The molecule has 0 aliphatic carbocycles. The van der Waals surface area contributed by atoms with E-state index in [-0.39, 0.29) is 11.5 Å². The minimum absolute atomic E-state index is 0.0799. The summed E-state index contributed by atoms with van der Waals surface area (Å²) >= 11 is 0. The van der Waals surface area contributed by atoms with Gasteiger partial charge in [-0.25, -0.2) is 4.98 Å². The Morgan fingerprint density at radius 1 is 1.27 bits per heavy atom. The molecule has 1 amide bonds. The molecule has 3 heterocycles. The lowest BCUT2D eigenvalue weighted by Gasteiger charge is -2.45. The number of methoxy groups -OCH3 is 1. The number of benzene rings is 1. The largest absolute Gasteiger partial charge is 0.497 e. The van der Waals surface area contributed by atoms with Crippen LogP contribution in [0.1, 0.15) is 46.1 Å². The summed E-state index contributed by atoms with van der Waals surface area (Å²) in [7, 11) is 1.69. The number of fused-ring (bicyclic) bond motifs is 2. The zero-order chi connectivity index (χ0) is 18.3. The third-order valence-corrected chi connectivity index (χ3v) is 5.51. The second kappa shape index (κ2) is 6.43.